The molecule has 3 nitrogen and oxygen atoms in total. The Hall–Kier alpha value is -2.00. The van der Waals surface area contributed by atoms with Crippen LogP contribution in [0.2, 0.25) is 5.02 Å². The van der Waals surface area contributed by atoms with Crippen molar-refractivity contribution in [2.24, 2.45) is 0 Å². The van der Waals surface area contributed by atoms with Crippen LogP contribution in [0.1, 0.15) is 24.1 Å². The molecule has 0 aromatic heterocycles. The maximum absolute atomic E-state index is 12.1. The number of nitrogens with one attached hydrogen (secondary N) is 1. The Morgan fingerprint density at radius 3 is 2.71 bits per heavy atom. The summed E-state index contributed by atoms with van der Waals surface area (Å²) in [6, 6.07) is 14.9. The van der Waals surface area contributed by atoms with Gasteiger partial charge in [0.15, 0.2) is 0 Å². The number of halogens is 1. The number of hydrogen-bond donors (Lipinski definition) is 1. The number of rotatable bonds is 5. The first kappa shape index (κ1) is 15.4. The Labute approximate surface area is 129 Å². The van der Waals surface area contributed by atoms with E-state index in [1.165, 1.54) is 0 Å². The molecule has 21 heavy (non-hydrogen) atoms. The van der Waals surface area contributed by atoms with Crippen molar-refractivity contribution in [1.82, 2.24) is 5.32 Å². The van der Waals surface area contributed by atoms with Crippen molar-refractivity contribution in [2.45, 2.75) is 19.4 Å². The van der Waals surface area contributed by atoms with E-state index in [1.807, 2.05) is 55.5 Å². The van der Waals surface area contributed by atoms with Gasteiger partial charge in [-0.2, -0.15) is 0 Å². The first-order valence-electron chi connectivity index (χ1n) is 6.77. The molecule has 0 heterocycles. The van der Waals surface area contributed by atoms with Crippen LogP contribution in [-0.2, 0) is 11.2 Å². The van der Waals surface area contributed by atoms with Gasteiger partial charge in [-0.05, 0) is 30.7 Å². The van der Waals surface area contributed by atoms with Gasteiger partial charge in [0, 0.05) is 10.6 Å². The van der Waals surface area contributed by atoms with E-state index in [9.17, 15) is 4.79 Å². The third kappa shape index (κ3) is 4.23. The van der Waals surface area contributed by atoms with Crippen LogP contribution in [0.5, 0.6) is 5.75 Å². The van der Waals surface area contributed by atoms with Gasteiger partial charge in [0.2, 0.25) is 5.91 Å². The number of methoxy groups -OCH3 is 1. The van der Waals surface area contributed by atoms with Gasteiger partial charge in [-0.15, -0.1) is 0 Å². The van der Waals surface area contributed by atoms with E-state index < -0.39 is 0 Å². The molecule has 2 aromatic rings. The third-order valence-corrected chi connectivity index (χ3v) is 3.50. The zero-order chi connectivity index (χ0) is 15.2. The van der Waals surface area contributed by atoms with Crippen LogP contribution in [-0.4, -0.2) is 13.0 Å². The molecule has 0 fully saturated rings. The lowest BCUT2D eigenvalue weighted by Crippen LogP contribution is -2.28. The number of hydrogen-bond acceptors (Lipinski definition) is 2. The average molecular weight is 304 g/mol. The Kier molecular flexibility index (Phi) is 5.23. The van der Waals surface area contributed by atoms with Crippen LogP contribution in [0.4, 0.5) is 0 Å². The van der Waals surface area contributed by atoms with Gasteiger partial charge in [-0.1, -0.05) is 41.9 Å². The summed E-state index contributed by atoms with van der Waals surface area (Å²) in [4.78, 5) is 12.1. The van der Waals surface area contributed by atoms with Gasteiger partial charge >= 0.3 is 0 Å². The van der Waals surface area contributed by atoms with Gasteiger partial charge in [0.1, 0.15) is 5.75 Å². The van der Waals surface area contributed by atoms with Crippen molar-refractivity contribution in [3.05, 3.63) is 64.7 Å². The number of carbonyl (C=O) groups excluding carboxylic acids is 1. The number of amides is 1. The predicted octanol–water partition coefficient (Wildman–Crippen LogP) is 3.77. The number of carbonyl (C=O) groups is 1. The molecule has 0 aliphatic rings. The van der Waals surface area contributed by atoms with Crippen LogP contribution in [0, 0.1) is 0 Å². The molecule has 0 saturated heterocycles. The minimum Gasteiger partial charge on any atom is -0.496 e. The number of benzene rings is 2. The first-order valence-corrected chi connectivity index (χ1v) is 7.14. The summed E-state index contributed by atoms with van der Waals surface area (Å²) in [6.45, 7) is 1.94. The Bertz CT molecular complexity index is 628. The molecule has 110 valence electrons. The quantitative estimate of drug-likeness (QED) is 0.913. The van der Waals surface area contributed by atoms with Crippen molar-refractivity contribution >= 4 is 17.5 Å². The lowest BCUT2D eigenvalue weighted by Gasteiger charge is -2.15. The molecule has 1 unspecified atom stereocenters. The van der Waals surface area contributed by atoms with Gasteiger partial charge < -0.3 is 10.1 Å². The summed E-state index contributed by atoms with van der Waals surface area (Å²) < 4.78 is 5.25. The van der Waals surface area contributed by atoms with Crippen molar-refractivity contribution in [1.29, 1.82) is 0 Å². The molecule has 0 spiro atoms. The normalized spacial score (nSPS) is 11.8. The van der Waals surface area contributed by atoms with Crippen LogP contribution in [0.3, 0.4) is 0 Å². The molecular weight excluding hydrogens is 286 g/mol. The maximum atomic E-state index is 12.1. The minimum absolute atomic E-state index is 0.0491. The zero-order valence-corrected chi connectivity index (χ0v) is 12.9. The van der Waals surface area contributed by atoms with Gasteiger partial charge in [0.25, 0.3) is 0 Å². The molecule has 1 atom stereocenters. The standard InChI is InChI=1S/C17H18ClNO2/c1-12(13-7-5-8-15(18)10-13)19-17(20)11-14-6-3-4-9-16(14)21-2/h3-10,12H,11H2,1-2H3,(H,19,20). The fourth-order valence-electron chi connectivity index (χ4n) is 2.17. The van der Waals surface area contributed by atoms with E-state index >= 15 is 0 Å². The number of ether oxygens (including phenoxy) is 1. The van der Waals surface area contributed by atoms with E-state index in [2.05, 4.69) is 5.32 Å². The van der Waals surface area contributed by atoms with Gasteiger partial charge in [-0.3, -0.25) is 4.79 Å². The molecule has 0 bridgehead atoms. The highest BCUT2D eigenvalue weighted by atomic mass is 35.5. The maximum Gasteiger partial charge on any atom is 0.225 e. The van der Waals surface area contributed by atoms with Crippen molar-refractivity contribution < 1.29 is 9.53 Å². The highest BCUT2D eigenvalue weighted by Crippen LogP contribution is 2.20. The summed E-state index contributed by atoms with van der Waals surface area (Å²) in [5.41, 5.74) is 1.85. The molecular formula is C17H18ClNO2. The van der Waals surface area contributed by atoms with Gasteiger partial charge in [0.05, 0.1) is 19.6 Å². The van der Waals surface area contributed by atoms with E-state index in [1.54, 1.807) is 7.11 Å². The second-order valence-corrected chi connectivity index (χ2v) is 5.27. The third-order valence-electron chi connectivity index (χ3n) is 3.27. The fourth-order valence-corrected chi connectivity index (χ4v) is 2.37. The van der Waals surface area contributed by atoms with E-state index in [0.29, 0.717) is 5.02 Å². The SMILES string of the molecule is COc1ccccc1CC(=O)NC(C)c1cccc(Cl)c1. The van der Waals surface area contributed by atoms with Crippen molar-refractivity contribution in [3.8, 4) is 5.75 Å². The highest BCUT2D eigenvalue weighted by Gasteiger charge is 2.12. The fraction of sp³-hybridized carbons (Fsp3) is 0.235. The minimum atomic E-state index is -0.0918. The van der Waals surface area contributed by atoms with Crippen LogP contribution >= 0.6 is 11.6 Å². The molecule has 2 rings (SSSR count). The largest absolute Gasteiger partial charge is 0.496 e. The Morgan fingerprint density at radius 1 is 1.24 bits per heavy atom. The molecule has 0 saturated carbocycles. The monoisotopic (exact) mass is 303 g/mol. The Morgan fingerprint density at radius 2 is 2.00 bits per heavy atom. The second-order valence-electron chi connectivity index (χ2n) is 4.83. The molecule has 0 radical (unpaired) electrons. The smallest absolute Gasteiger partial charge is 0.225 e. The lowest BCUT2D eigenvalue weighted by atomic mass is 10.1. The average Bonchev–Trinajstić information content (AvgIpc) is 2.47. The topological polar surface area (TPSA) is 38.3 Å². The van der Waals surface area contributed by atoms with E-state index in [0.717, 1.165) is 16.9 Å². The number of para-hydroxylation sites is 1. The van der Waals surface area contributed by atoms with Crippen molar-refractivity contribution in [3.63, 3.8) is 0 Å². The molecule has 2 aromatic carbocycles. The van der Waals surface area contributed by atoms with Crippen LogP contribution in [0.25, 0.3) is 0 Å². The molecule has 4 heteroatoms. The molecule has 0 aliphatic heterocycles. The highest BCUT2D eigenvalue weighted by molar-refractivity contribution is 6.30. The zero-order valence-electron chi connectivity index (χ0n) is 12.1. The van der Waals surface area contributed by atoms with Crippen molar-refractivity contribution in [2.75, 3.05) is 7.11 Å². The first-order chi connectivity index (χ1) is 10.1. The van der Waals surface area contributed by atoms with E-state index in [-0.39, 0.29) is 18.4 Å². The van der Waals surface area contributed by atoms with Crippen LogP contribution < -0.4 is 10.1 Å². The molecule has 1 N–H and O–H groups in total. The lowest BCUT2D eigenvalue weighted by molar-refractivity contribution is -0.121. The molecule has 0 aliphatic carbocycles. The summed E-state index contributed by atoms with van der Waals surface area (Å²) in [5, 5.41) is 3.64. The van der Waals surface area contributed by atoms with Gasteiger partial charge in [-0.25, -0.2) is 0 Å². The second kappa shape index (κ2) is 7.14. The van der Waals surface area contributed by atoms with E-state index in [4.69, 9.17) is 16.3 Å². The molecule has 1 amide bonds. The van der Waals surface area contributed by atoms with Crippen LogP contribution in [0.15, 0.2) is 48.5 Å². The summed E-state index contributed by atoms with van der Waals surface area (Å²) in [6.07, 6.45) is 0.287. The Balaban J connectivity index is 2.01. The summed E-state index contributed by atoms with van der Waals surface area (Å²) in [5.74, 6) is 0.676. The predicted molar refractivity (Wildman–Crippen MR) is 84.7 cm³/mol. The summed E-state index contributed by atoms with van der Waals surface area (Å²) >= 11 is 5.97. The summed E-state index contributed by atoms with van der Waals surface area (Å²) in [7, 11) is 1.60.